The maximum absolute atomic E-state index is 13.2. The van der Waals surface area contributed by atoms with Crippen molar-refractivity contribution in [1.82, 2.24) is 4.90 Å². The number of carbonyl (C=O) groups excluding carboxylic acids is 1. The summed E-state index contributed by atoms with van der Waals surface area (Å²) in [5.41, 5.74) is 1.19. The Labute approximate surface area is 119 Å². The quantitative estimate of drug-likeness (QED) is 0.783. The largest absolute Gasteiger partial charge is 0.331 e. The number of hydrogen-bond donors (Lipinski definition) is 0. The second-order valence-corrected chi connectivity index (χ2v) is 5.88. The molecule has 0 radical (unpaired) electrons. The predicted octanol–water partition coefficient (Wildman–Crippen LogP) is 3.79. The van der Waals surface area contributed by atoms with Crippen molar-refractivity contribution >= 4 is 17.2 Å². The summed E-state index contributed by atoms with van der Waals surface area (Å²) in [5.74, 6) is -1.78. The van der Waals surface area contributed by atoms with Crippen LogP contribution in [-0.2, 0) is 6.42 Å². The Balaban J connectivity index is 1.92. The molecule has 3 rings (SSSR count). The molecule has 1 aliphatic heterocycles. The van der Waals surface area contributed by atoms with E-state index in [0.29, 0.717) is 6.54 Å². The lowest BCUT2D eigenvalue weighted by molar-refractivity contribution is 0.0678. The second kappa shape index (κ2) is 4.98. The number of amides is 1. The first-order chi connectivity index (χ1) is 9.56. The highest BCUT2D eigenvalue weighted by molar-refractivity contribution is 7.10. The maximum Gasteiger partial charge on any atom is 0.254 e. The third-order valence-electron chi connectivity index (χ3n) is 3.65. The standard InChI is InChI=1S/C15H13F2NOS/c1-9-13-3-5-20-14(13)2-4-18(9)15(19)10-6-11(16)8-12(17)7-10/h3,5-9H,2,4H2,1H3/t9-/m0/s1. The van der Waals surface area contributed by atoms with Gasteiger partial charge in [-0.3, -0.25) is 4.79 Å². The highest BCUT2D eigenvalue weighted by Gasteiger charge is 2.29. The third-order valence-corrected chi connectivity index (χ3v) is 4.64. The Bertz CT molecular complexity index is 647. The molecule has 1 atom stereocenters. The van der Waals surface area contributed by atoms with E-state index < -0.39 is 11.6 Å². The molecule has 0 saturated carbocycles. The van der Waals surface area contributed by atoms with E-state index >= 15 is 0 Å². The molecule has 0 bridgehead atoms. The van der Waals surface area contributed by atoms with Crippen LogP contribution in [0.5, 0.6) is 0 Å². The molecule has 0 unspecified atom stereocenters. The Morgan fingerprint density at radius 1 is 1.30 bits per heavy atom. The lowest BCUT2D eigenvalue weighted by atomic mass is 10.0. The van der Waals surface area contributed by atoms with Gasteiger partial charge in [0.05, 0.1) is 6.04 Å². The monoisotopic (exact) mass is 293 g/mol. The van der Waals surface area contributed by atoms with Crippen molar-refractivity contribution in [3.05, 3.63) is 57.3 Å². The maximum atomic E-state index is 13.2. The topological polar surface area (TPSA) is 20.3 Å². The summed E-state index contributed by atoms with van der Waals surface area (Å²) >= 11 is 1.69. The molecule has 2 aromatic rings. The molecule has 1 aromatic carbocycles. The van der Waals surface area contributed by atoms with Crippen LogP contribution in [0.1, 0.15) is 33.8 Å². The molecule has 104 valence electrons. The molecule has 0 spiro atoms. The van der Waals surface area contributed by atoms with E-state index in [0.717, 1.165) is 30.2 Å². The normalized spacial score (nSPS) is 17.9. The van der Waals surface area contributed by atoms with Crippen molar-refractivity contribution in [2.45, 2.75) is 19.4 Å². The van der Waals surface area contributed by atoms with Crippen LogP contribution in [0.2, 0.25) is 0 Å². The number of rotatable bonds is 1. The molecular formula is C15H13F2NOS. The molecule has 1 aliphatic rings. The van der Waals surface area contributed by atoms with E-state index in [1.807, 2.05) is 18.4 Å². The smallest absolute Gasteiger partial charge is 0.254 e. The van der Waals surface area contributed by atoms with Gasteiger partial charge in [-0.05, 0) is 42.5 Å². The third kappa shape index (κ3) is 2.22. The van der Waals surface area contributed by atoms with Crippen molar-refractivity contribution in [2.24, 2.45) is 0 Å². The zero-order valence-electron chi connectivity index (χ0n) is 10.9. The summed E-state index contributed by atoms with van der Waals surface area (Å²) in [6.45, 7) is 2.52. The molecule has 1 aromatic heterocycles. The molecule has 2 heterocycles. The van der Waals surface area contributed by atoms with Gasteiger partial charge in [-0.25, -0.2) is 8.78 Å². The van der Waals surface area contributed by atoms with E-state index in [1.165, 1.54) is 4.88 Å². The molecule has 0 saturated heterocycles. The molecule has 0 fully saturated rings. The van der Waals surface area contributed by atoms with Gasteiger partial charge >= 0.3 is 0 Å². The van der Waals surface area contributed by atoms with Crippen LogP contribution in [0.25, 0.3) is 0 Å². The van der Waals surface area contributed by atoms with Gasteiger partial charge in [-0.1, -0.05) is 0 Å². The fraction of sp³-hybridized carbons (Fsp3) is 0.267. The summed E-state index contributed by atoms with van der Waals surface area (Å²) in [7, 11) is 0. The van der Waals surface area contributed by atoms with Crippen LogP contribution in [0.3, 0.4) is 0 Å². The first-order valence-electron chi connectivity index (χ1n) is 6.39. The van der Waals surface area contributed by atoms with E-state index in [4.69, 9.17) is 0 Å². The second-order valence-electron chi connectivity index (χ2n) is 4.88. The Hall–Kier alpha value is -1.75. The SMILES string of the molecule is C[C@H]1c2ccsc2CCN1C(=O)c1cc(F)cc(F)c1. The van der Waals surface area contributed by atoms with Crippen LogP contribution in [0, 0.1) is 11.6 Å². The van der Waals surface area contributed by atoms with Crippen LogP contribution < -0.4 is 0 Å². The van der Waals surface area contributed by atoms with Gasteiger partial charge in [0.2, 0.25) is 0 Å². The highest BCUT2D eigenvalue weighted by atomic mass is 32.1. The highest BCUT2D eigenvalue weighted by Crippen LogP contribution is 2.33. The van der Waals surface area contributed by atoms with Crippen molar-refractivity contribution < 1.29 is 13.6 Å². The van der Waals surface area contributed by atoms with Gasteiger partial charge in [0.1, 0.15) is 11.6 Å². The van der Waals surface area contributed by atoms with Crippen molar-refractivity contribution in [1.29, 1.82) is 0 Å². The number of halogens is 2. The van der Waals surface area contributed by atoms with Crippen LogP contribution in [0.15, 0.2) is 29.6 Å². The molecule has 2 nitrogen and oxygen atoms in total. The number of thiophene rings is 1. The van der Waals surface area contributed by atoms with Crippen molar-refractivity contribution in [3.8, 4) is 0 Å². The van der Waals surface area contributed by atoms with Gasteiger partial charge in [-0.2, -0.15) is 0 Å². The number of carbonyl (C=O) groups is 1. The molecule has 1 amide bonds. The van der Waals surface area contributed by atoms with Gasteiger partial charge in [0.15, 0.2) is 0 Å². The van der Waals surface area contributed by atoms with Crippen molar-refractivity contribution in [3.63, 3.8) is 0 Å². The zero-order valence-corrected chi connectivity index (χ0v) is 11.7. The molecule has 0 aliphatic carbocycles. The summed E-state index contributed by atoms with van der Waals surface area (Å²) in [6.07, 6.45) is 0.793. The minimum atomic E-state index is -0.728. The van der Waals surface area contributed by atoms with E-state index in [9.17, 15) is 13.6 Å². The fourth-order valence-corrected chi connectivity index (χ4v) is 3.59. The minimum Gasteiger partial charge on any atom is -0.331 e. The van der Waals surface area contributed by atoms with Crippen molar-refractivity contribution in [2.75, 3.05) is 6.54 Å². The Morgan fingerprint density at radius 3 is 2.70 bits per heavy atom. The first-order valence-corrected chi connectivity index (χ1v) is 7.27. The molecule has 5 heteroatoms. The summed E-state index contributed by atoms with van der Waals surface area (Å²) in [4.78, 5) is 15.4. The lowest BCUT2D eigenvalue weighted by Gasteiger charge is -2.33. The average molecular weight is 293 g/mol. The fourth-order valence-electron chi connectivity index (χ4n) is 2.63. The zero-order chi connectivity index (χ0) is 14.3. The number of hydrogen-bond acceptors (Lipinski definition) is 2. The predicted molar refractivity (Wildman–Crippen MR) is 73.8 cm³/mol. The summed E-state index contributed by atoms with van der Waals surface area (Å²) in [5, 5.41) is 2.01. The minimum absolute atomic E-state index is 0.0630. The van der Waals surface area contributed by atoms with Gasteiger partial charge in [0.25, 0.3) is 5.91 Å². The summed E-state index contributed by atoms with van der Waals surface area (Å²) < 4.78 is 26.5. The summed E-state index contributed by atoms with van der Waals surface area (Å²) in [6, 6.07) is 4.88. The van der Waals surface area contributed by atoms with Gasteiger partial charge in [0, 0.05) is 23.1 Å². The lowest BCUT2D eigenvalue weighted by Crippen LogP contribution is -2.38. The number of fused-ring (bicyclic) bond motifs is 1. The van der Waals surface area contributed by atoms with E-state index in [2.05, 4.69) is 0 Å². The average Bonchev–Trinajstić information content (AvgIpc) is 2.86. The molecular weight excluding hydrogens is 280 g/mol. The van der Waals surface area contributed by atoms with E-state index in [1.54, 1.807) is 16.2 Å². The number of benzene rings is 1. The Morgan fingerprint density at radius 2 is 2.00 bits per heavy atom. The Kier molecular flexibility index (Phi) is 3.30. The van der Waals surface area contributed by atoms with Gasteiger partial charge < -0.3 is 4.90 Å². The van der Waals surface area contributed by atoms with Crippen LogP contribution in [0.4, 0.5) is 8.78 Å². The number of nitrogens with zero attached hydrogens (tertiary/aromatic N) is 1. The molecule has 20 heavy (non-hydrogen) atoms. The van der Waals surface area contributed by atoms with Crippen LogP contribution >= 0.6 is 11.3 Å². The van der Waals surface area contributed by atoms with E-state index in [-0.39, 0.29) is 17.5 Å². The van der Waals surface area contributed by atoms with Crippen LogP contribution in [-0.4, -0.2) is 17.4 Å². The first kappa shape index (κ1) is 13.2. The van der Waals surface area contributed by atoms with Gasteiger partial charge in [-0.15, -0.1) is 11.3 Å². The molecule has 0 N–H and O–H groups in total.